The second-order valence-corrected chi connectivity index (χ2v) is 9.43. The lowest BCUT2D eigenvalue weighted by atomic mass is 10.1. The van der Waals surface area contributed by atoms with E-state index < -0.39 is 0 Å². The highest BCUT2D eigenvalue weighted by atomic mass is 32.1. The van der Waals surface area contributed by atoms with E-state index in [0.717, 1.165) is 33.1 Å². The fraction of sp³-hybridized carbons (Fsp3) is 0.148. The number of thiophene rings is 1. The number of para-hydroxylation sites is 1. The minimum atomic E-state index is -0.101. The molecule has 0 bridgehead atoms. The number of likely N-dealkylation sites (N-methyl/N-ethyl adjacent to an activating group) is 1. The van der Waals surface area contributed by atoms with Crippen LogP contribution in [0.25, 0.3) is 22.3 Å². The number of aromatic nitrogens is 2. The van der Waals surface area contributed by atoms with Gasteiger partial charge >= 0.3 is 0 Å². The smallest absolute Gasteiger partial charge is 0.276 e. The second kappa shape index (κ2) is 9.85. The van der Waals surface area contributed by atoms with Crippen molar-refractivity contribution in [1.29, 1.82) is 0 Å². The quantitative estimate of drug-likeness (QED) is 0.256. The number of ether oxygens (including phenoxy) is 1. The summed E-state index contributed by atoms with van der Waals surface area (Å²) in [6, 6.07) is 21.8. The van der Waals surface area contributed by atoms with E-state index in [0.29, 0.717) is 23.8 Å². The van der Waals surface area contributed by atoms with Crippen LogP contribution in [0.1, 0.15) is 11.1 Å². The molecule has 0 N–H and O–H groups in total. The maximum Gasteiger partial charge on any atom is 0.276 e. The Morgan fingerprint density at radius 2 is 1.83 bits per heavy atom. The molecule has 0 spiro atoms. The number of carbonyl (C=O) groups excluding carboxylic acids is 1. The van der Waals surface area contributed by atoms with E-state index in [9.17, 15) is 4.79 Å². The fourth-order valence-electron chi connectivity index (χ4n) is 4.00. The van der Waals surface area contributed by atoms with Gasteiger partial charge in [0.25, 0.3) is 5.91 Å². The first-order valence-electron chi connectivity index (χ1n) is 11.2. The SMILES string of the molecule is COc1ccc(CCN2C(=O)C(=Cc3cn(-c4ccccc4)nc3-c3cccs3)N(C)C2=S)cc1. The molecular formula is C27H24N4O2S2. The third-order valence-corrected chi connectivity index (χ3v) is 7.31. The summed E-state index contributed by atoms with van der Waals surface area (Å²) in [7, 11) is 3.49. The Morgan fingerprint density at radius 1 is 1.06 bits per heavy atom. The van der Waals surface area contributed by atoms with Gasteiger partial charge in [0.05, 0.1) is 17.7 Å². The van der Waals surface area contributed by atoms with Crippen molar-refractivity contribution < 1.29 is 9.53 Å². The van der Waals surface area contributed by atoms with Crippen molar-refractivity contribution in [2.75, 3.05) is 20.7 Å². The molecule has 3 heterocycles. The van der Waals surface area contributed by atoms with Gasteiger partial charge in [0.15, 0.2) is 5.11 Å². The van der Waals surface area contributed by atoms with Gasteiger partial charge in [-0.05, 0) is 66.0 Å². The Morgan fingerprint density at radius 3 is 2.51 bits per heavy atom. The van der Waals surface area contributed by atoms with Crippen LogP contribution in [-0.4, -0.2) is 51.3 Å². The predicted octanol–water partition coefficient (Wildman–Crippen LogP) is 5.25. The fourth-order valence-corrected chi connectivity index (χ4v) is 5.00. The van der Waals surface area contributed by atoms with E-state index in [-0.39, 0.29) is 5.91 Å². The largest absolute Gasteiger partial charge is 0.497 e. The lowest BCUT2D eigenvalue weighted by Gasteiger charge is -2.16. The molecule has 5 rings (SSSR count). The van der Waals surface area contributed by atoms with Crippen LogP contribution >= 0.6 is 23.6 Å². The molecule has 1 saturated heterocycles. The number of carbonyl (C=O) groups is 1. The molecule has 6 nitrogen and oxygen atoms in total. The molecule has 1 amide bonds. The number of nitrogens with zero attached hydrogens (tertiary/aromatic N) is 4. The maximum absolute atomic E-state index is 13.4. The highest BCUT2D eigenvalue weighted by Gasteiger charge is 2.35. The molecule has 0 aliphatic carbocycles. The summed E-state index contributed by atoms with van der Waals surface area (Å²) in [6.45, 7) is 0.507. The maximum atomic E-state index is 13.4. The summed E-state index contributed by atoms with van der Waals surface area (Å²) in [5, 5.41) is 7.37. The minimum Gasteiger partial charge on any atom is -0.497 e. The molecule has 0 atom stereocenters. The summed E-state index contributed by atoms with van der Waals surface area (Å²) in [5.74, 6) is 0.708. The highest BCUT2D eigenvalue weighted by molar-refractivity contribution is 7.80. The Bertz CT molecular complexity index is 1380. The van der Waals surface area contributed by atoms with Crippen molar-refractivity contribution in [3.05, 3.63) is 95.1 Å². The summed E-state index contributed by atoms with van der Waals surface area (Å²) in [5.41, 5.74) is 4.31. The Kier molecular flexibility index (Phi) is 6.48. The van der Waals surface area contributed by atoms with Crippen LogP contribution in [0.3, 0.4) is 0 Å². The van der Waals surface area contributed by atoms with E-state index in [1.54, 1.807) is 28.2 Å². The van der Waals surface area contributed by atoms with E-state index in [1.807, 2.05) is 96.1 Å². The average molecular weight is 501 g/mol. The van der Waals surface area contributed by atoms with Crippen LogP contribution in [0.4, 0.5) is 0 Å². The first-order valence-corrected chi connectivity index (χ1v) is 12.5. The zero-order chi connectivity index (χ0) is 24.4. The van der Waals surface area contributed by atoms with Gasteiger partial charge in [-0.3, -0.25) is 9.69 Å². The molecule has 0 saturated carbocycles. The lowest BCUT2D eigenvalue weighted by Crippen LogP contribution is -2.33. The molecule has 35 heavy (non-hydrogen) atoms. The van der Waals surface area contributed by atoms with Crippen LogP contribution in [0.15, 0.2) is 84.0 Å². The number of rotatable bonds is 7. The Balaban J connectivity index is 1.44. The van der Waals surface area contributed by atoms with Gasteiger partial charge in [0.2, 0.25) is 0 Å². The molecular weight excluding hydrogens is 476 g/mol. The van der Waals surface area contributed by atoms with Crippen LogP contribution in [0, 0.1) is 0 Å². The average Bonchev–Trinajstić information content (AvgIpc) is 3.61. The third-order valence-electron chi connectivity index (χ3n) is 5.94. The number of methoxy groups -OCH3 is 1. The number of benzene rings is 2. The van der Waals surface area contributed by atoms with Gasteiger partial charge in [-0.15, -0.1) is 11.3 Å². The van der Waals surface area contributed by atoms with E-state index in [2.05, 4.69) is 0 Å². The Hall–Kier alpha value is -3.75. The number of hydrogen-bond donors (Lipinski definition) is 0. The van der Waals surface area contributed by atoms with Gasteiger partial charge in [0.1, 0.15) is 17.1 Å². The molecule has 0 radical (unpaired) electrons. The van der Waals surface area contributed by atoms with Gasteiger partial charge in [-0.25, -0.2) is 4.68 Å². The molecule has 1 aliphatic heterocycles. The van der Waals surface area contributed by atoms with Crippen LogP contribution < -0.4 is 4.74 Å². The van der Waals surface area contributed by atoms with Crippen LogP contribution in [0.2, 0.25) is 0 Å². The third kappa shape index (κ3) is 4.62. The second-order valence-electron chi connectivity index (χ2n) is 8.12. The van der Waals surface area contributed by atoms with Crippen molar-refractivity contribution in [2.24, 2.45) is 0 Å². The van der Waals surface area contributed by atoms with Crippen molar-refractivity contribution in [3.63, 3.8) is 0 Å². The first kappa shape index (κ1) is 23.0. The van der Waals surface area contributed by atoms with Gasteiger partial charge in [-0.1, -0.05) is 36.4 Å². The molecule has 1 fully saturated rings. The molecule has 4 aromatic rings. The van der Waals surface area contributed by atoms with Gasteiger partial charge < -0.3 is 9.64 Å². The van der Waals surface area contributed by atoms with Crippen LogP contribution in [-0.2, 0) is 11.2 Å². The van der Waals surface area contributed by atoms with E-state index in [4.69, 9.17) is 22.1 Å². The normalized spacial score (nSPS) is 14.9. The molecule has 2 aromatic heterocycles. The molecule has 176 valence electrons. The Labute approximate surface area is 213 Å². The summed E-state index contributed by atoms with van der Waals surface area (Å²) < 4.78 is 7.07. The topological polar surface area (TPSA) is 50.6 Å². The highest BCUT2D eigenvalue weighted by Crippen LogP contribution is 2.31. The molecule has 0 unspecified atom stereocenters. The molecule has 8 heteroatoms. The minimum absolute atomic E-state index is 0.101. The van der Waals surface area contributed by atoms with Gasteiger partial charge in [-0.2, -0.15) is 5.10 Å². The van der Waals surface area contributed by atoms with Gasteiger partial charge in [0, 0.05) is 25.4 Å². The zero-order valence-electron chi connectivity index (χ0n) is 19.4. The van der Waals surface area contributed by atoms with E-state index >= 15 is 0 Å². The monoisotopic (exact) mass is 500 g/mol. The predicted molar refractivity (Wildman–Crippen MR) is 144 cm³/mol. The lowest BCUT2D eigenvalue weighted by molar-refractivity contribution is -0.122. The summed E-state index contributed by atoms with van der Waals surface area (Å²) in [4.78, 5) is 17.9. The van der Waals surface area contributed by atoms with Crippen molar-refractivity contribution in [2.45, 2.75) is 6.42 Å². The summed E-state index contributed by atoms with van der Waals surface area (Å²) >= 11 is 7.25. The standard InChI is InChI=1S/C27H24N4O2S2/c1-29-23(26(32)30(27(29)34)15-14-19-10-12-22(33-2)13-11-19)17-20-18-31(21-7-4-3-5-8-21)28-25(20)24-9-6-16-35-24/h3-13,16-18H,14-15H2,1-2H3. The number of thiocarbonyl (C=S) groups is 1. The van der Waals surface area contributed by atoms with Crippen molar-refractivity contribution in [1.82, 2.24) is 19.6 Å². The molecule has 1 aliphatic rings. The van der Waals surface area contributed by atoms with Crippen molar-refractivity contribution >= 4 is 40.7 Å². The van der Waals surface area contributed by atoms with E-state index in [1.165, 1.54) is 0 Å². The van der Waals surface area contributed by atoms with Crippen molar-refractivity contribution in [3.8, 4) is 22.0 Å². The zero-order valence-corrected chi connectivity index (χ0v) is 21.1. The molecule has 2 aromatic carbocycles. The number of amides is 1. The summed E-state index contributed by atoms with van der Waals surface area (Å²) in [6.07, 6.45) is 4.55. The number of hydrogen-bond acceptors (Lipinski definition) is 5. The van der Waals surface area contributed by atoms with Crippen LogP contribution in [0.5, 0.6) is 5.75 Å². The first-order chi connectivity index (χ1) is 17.0.